The fourth-order valence-corrected chi connectivity index (χ4v) is 2.81. The Morgan fingerprint density at radius 3 is 2.65 bits per heavy atom. The van der Waals surface area contributed by atoms with Crippen LogP contribution in [-0.2, 0) is 6.54 Å². The number of benzene rings is 1. The van der Waals surface area contributed by atoms with Crippen molar-refractivity contribution >= 4 is 21.6 Å². The van der Waals surface area contributed by atoms with E-state index in [9.17, 15) is 0 Å². The lowest BCUT2D eigenvalue weighted by Crippen LogP contribution is -2.25. The van der Waals surface area contributed by atoms with Gasteiger partial charge in [0.2, 0.25) is 0 Å². The van der Waals surface area contributed by atoms with Crippen molar-refractivity contribution in [1.29, 1.82) is 0 Å². The van der Waals surface area contributed by atoms with Crippen LogP contribution < -0.4 is 10.2 Å². The van der Waals surface area contributed by atoms with Gasteiger partial charge in [-0.25, -0.2) is 0 Å². The summed E-state index contributed by atoms with van der Waals surface area (Å²) in [6.45, 7) is 10.6. The monoisotopic (exact) mass is 342 g/mol. The van der Waals surface area contributed by atoms with Gasteiger partial charge in [-0.1, -0.05) is 19.9 Å². The Bertz CT molecular complexity index is 396. The minimum Gasteiger partial charge on any atom is -0.396 e. The van der Waals surface area contributed by atoms with Crippen molar-refractivity contribution in [3.63, 3.8) is 0 Å². The van der Waals surface area contributed by atoms with Gasteiger partial charge in [0.05, 0.1) is 5.69 Å². The lowest BCUT2D eigenvalue weighted by Gasteiger charge is -2.24. The van der Waals surface area contributed by atoms with E-state index in [0.29, 0.717) is 5.92 Å². The summed E-state index contributed by atoms with van der Waals surface area (Å²) >= 11 is 3.67. The van der Waals surface area contributed by atoms with E-state index in [1.165, 1.54) is 11.3 Å². The highest BCUT2D eigenvalue weighted by Crippen LogP contribution is 2.27. The number of nitrogens with one attached hydrogen (secondary N) is 1. The lowest BCUT2D eigenvalue weighted by molar-refractivity contribution is 0.289. The van der Waals surface area contributed by atoms with Crippen LogP contribution >= 0.6 is 15.9 Å². The van der Waals surface area contributed by atoms with Crippen LogP contribution in [-0.4, -0.2) is 31.3 Å². The summed E-state index contributed by atoms with van der Waals surface area (Å²) in [7, 11) is 0. The zero-order chi connectivity index (χ0) is 15.0. The van der Waals surface area contributed by atoms with Gasteiger partial charge in [-0.2, -0.15) is 0 Å². The number of hydrogen-bond acceptors (Lipinski definition) is 3. The highest BCUT2D eigenvalue weighted by atomic mass is 79.9. The molecule has 0 aliphatic heterocycles. The average Bonchev–Trinajstić information content (AvgIpc) is 2.41. The van der Waals surface area contributed by atoms with Crippen molar-refractivity contribution in [3.8, 4) is 0 Å². The second kappa shape index (κ2) is 9.37. The first-order chi connectivity index (χ1) is 9.58. The molecule has 0 saturated carbocycles. The van der Waals surface area contributed by atoms with Crippen molar-refractivity contribution in [1.82, 2.24) is 5.32 Å². The minimum atomic E-state index is 0.241. The number of halogens is 1. The molecule has 0 unspecified atom stereocenters. The molecule has 1 aromatic carbocycles. The van der Waals surface area contributed by atoms with Gasteiger partial charge in [0.1, 0.15) is 0 Å². The molecule has 114 valence electrons. The van der Waals surface area contributed by atoms with Crippen molar-refractivity contribution < 1.29 is 5.11 Å². The van der Waals surface area contributed by atoms with Crippen LogP contribution in [0.15, 0.2) is 22.7 Å². The van der Waals surface area contributed by atoms with E-state index in [2.05, 4.69) is 65.1 Å². The summed E-state index contributed by atoms with van der Waals surface area (Å²) in [6, 6.07) is 6.52. The SMILES string of the molecule is CCN(CCCO)c1ccc(CNCC(C)C)cc1Br. The third-order valence-electron chi connectivity index (χ3n) is 3.20. The molecule has 4 heteroatoms. The highest BCUT2D eigenvalue weighted by molar-refractivity contribution is 9.10. The fraction of sp³-hybridized carbons (Fsp3) is 0.625. The number of aliphatic hydroxyl groups is 1. The van der Waals surface area contributed by atoms with Gasteiger partial charge in [-0.3, -0.25) is 0 Å². The van der Waals surface area contributed by atoms with Gasteiger partial charge in [0.15, 0.2) is 0 Å². The van der Waals surface area contributed by atoms with E-state index in [1.54, 1.807) is 0 Å². The van der Waals surface area contributed by atoms with Crippen molar-refractivity contribution in [2.24, 2.45) is 5.92 Å². The smallest absolute Gasteiger partial charge is 0.0510 e. The summed E-state index contributed by atoms with van der Waals surface area (Å²) in [6.07, 6.45) is 0.804. The normalized spacial score (nSPS) is 11.1. The third-order valence-corrected chi connectivity index (χ3v) is 3.84. The molecule has 0 radical (unpaired) electrons. The predicted molar refractivity (Wildman–Crippen MR) is 90.3 cm³/mol. The predicted octanol–water partition coefficient (Wildman–Crippen LogP) is 3.40. The zero-order valence-electron chi connectivity index (χ0n) is 12.8. The van der Waals surface area contributed by atoms with Gasteiger partial charge in [-0.05, 0) is 59.4 Å². The van der Waals surface area contributed by atoms with Crippen LogP contribution in [0.1, 0.15) is 32.8 Å². The molecule has 2 N–H and O–H groups in total. The van der Waals surface area contributed by atoms with Crippen LogP contribution in [0.5, 0.6) is 0 Å². The first-order valence-electron chi connectivity index (χ1n) is 7.43. The van der Waals surface area contributed by atoms with Crippen LogP contribution in [0, 0.1) is 5.92 Å². The molecule has 3 nitrogen and oxygen atoms in total. The average molecular weight is 343 g/mol. The Labute approximate surface area is 131 Å². The summed E-state index contributed by atoms with van der Waals surface area (Å²) in [4.78, 5) is 2.28. The van der Waals surface area contributed by atoms with E-state index in [1.807, 2.05) is 0 Å². The molecular formula is C16H27BrN2O. The maximum Gasteiger partial charge on any atom is 0.0510 e. The standard InChI is InChI=1S/C16H27BrN2O/c1-4-19(8-5-9-20)16-7-6-14(10-15(16)17)12-18-11-13(2)3/h6-7,10,13,18,20H,4-5,8-9,11-12H2,1-3H3. The van der Waals surface area contributed by atoms with E-state index >= 15 is 0 Å². The van der Waals surface area contributed by atoms with Crippen molar-refractivity contribution in [2.75, 3.05) is 31.1 Å². The second-order valence-electron chi connectivity index (χ2n) is 5.47. The summed E-state index contributed by atoms with van der Waals surface area (Å²) < 4.78 is 1.13. The molecule has 0 aliphatic carbocycles. The summed E-state index contributed by atoms with van der Waals surface area (Å²) in [5, 5.41) is 12.4. The molecule has 1 rings (SSSR count). The Morgan fingerprint density at radius 2 is 2.10 bits per heavy atom. The van der Waals surface area contributed by atoms with Crippen LogP contribution in [0.4, 0.5) is 5.69 Å². The van der Waals surface area contributed by atoms with E-state index < -0.39 is 0 Å². The first kappa shape index (κ1) is 17.5. The molecule has 0 spiro atoms. The molecule has 0 saturated heterocycles. The van der Waals surface area contributed by atoms with Crippen molar-refractivity contribution in [3.05, 3.63) is 28.2 Å². The molecule has 0 aliphatic rings. The highest BCUT2D eigenvalue weighted by Gasteiger charge is 2.08. The number of anilines is 1. The third kappa shape index (κ3) is 5.81. The van der Waals surface area contributed by atoms with E-state index in [0.717, 1.165) is 37.1 Å². The zero-order valence-corrected chi connectivity index (χ0v) is 14.4. The maximum atomic E-state index is 8.97. The molecular weight excluding hydrogens is 316 g/mol. The number of nitrogens with zero attached hydrogens (tertiary/aromatic N) is 1. The van der Waals surface area contributed by atoms with Gasteiger partial charge in [0.25, 0.3) is 0 Å². The lowest BCUT2D eigenvalue weighted by atomic mass is 10.1. The van der Waals surface area contributed by atoms with E-state index in [-0.39, 0.29) is 6.61 Å². The van der Waals surface area contributed by atoms with Crippen LogP contribution in [0.25, 0.3) is 0 Å². The Hall–Kier alpha value is -0.580. The van der Waals surface area contributed by atoms with Crippen LogP contribution in [0.3, 0.4) is 0 Å². The topological polar surface area (TPSA) is 35.5 Å². The fourth-order valence-electron chi connectivity index (χ4n) is 2.13. The molecule has 0 fully saturated rings. The minimum absolute atomic E-state index is 0.241. The van der Waals surface area contributed by atoms with Gasteiger partial charge in [0, 0.05) is 30.7 Å². The molecule has 1 aromatic rings. The molecule has 0 aromatic heterocycles. The number of hydrogen-bond donors (Lipinski definition) is 2. The molecule has 0 amide bonds. The maximum absolute atomic E-state index is 8.97. The Balaban J connectivity index is 2.66. The summed E-state index contributed by atoms with van der Waals surface area (Å²) in [5.41, 5.74) is 2.49. The van der Waals surface area contributed by atoms with Crippen LogP contribution in [0.2, 0.25) is 0 Å². The number of aliphatic hydroxyl groups excluding tert-OH is 1. The molecule has 0 bridgehead atoms. The number of rotatable bonds is 9. The van der Waals surface area contributed by atoms with Crippen molar-refractivity contribution in [2.45, 2.75) is 33.7 Å². The second-order valence-corrected chi connectivity index (χ2v) is 6.32. The van der Waals surface area contributed by atoms with Gasteiger partial charge in [-0.15, -0.1) is 0 Å². The Kier molecular flexibility index (Phi) is 8.19. The molecule has 0 atom stereocenters. The molecule has 20 heavy (non-hydrogen) atoms. The quantitative estimate of drug-likeness (QED) is 0.721. The van der Waals surface area contributed by atoms with Gasteiger partial charge < -0.3 is 15.3 Å². The van der Waals surface area contributed by atoms with Gasteiger partial charge >= 0.3 is 0 Å². The first-order valence-corrected chi connectivity index (χ1v) is 8.22. The molecule has 0 heterocycles. The Morgan fingerprint density at radius 1 is 1.35 bits per heavy atom. The van der Waals surface area contributed by atoms with E-state index in [4.69, 9.17) is 5.11 Å². The largest absolute Gasteiger partial charge is 0.396 e. The summed E-state index contributed by atoms with van der Waals surface area (Å²) in [5.74, 6) is 0.673.